The number of hydrogen-bond acceptors (Lipinski definition) is 3. The van der Waals surface area contributed by atoms with Crippen LogP contribution in [0, 0.1) is 13.8 Å². The van der Waals surface area contributed by atoms with Gasteiger partial charge < -0.3 is 9.73 Å². The van der Waals surface area contributed by atoms with Crippen LogP contribution in [0.25, 0.3) is 0 Å². The van der Waals surface area contributed by atoms with Crippen LogP contribution >= 0.6 is 0 Å². The van der Waals surface area contributed by atoms with Gasteiger partial charge in [-0.15, -0.1) is 0 Å². The van der Waals surface area contributed by atoms with Gasteiger partial charge in [-0.1, -0.05) is 17.7 Å². The molecule has 0 aliphatic rings. The van der Waals surface area contributed by atoms with Crippen LogP contribution in [0.5, 0.6) is 0 Å². The van der Waals surface area contributed by atoms with Crippen molar-refractivity contribution in [1.29, 1.82) is 0 Å². The first-order chi connectivity index (χ1) is 9.95. The summed E-state index contributed by atoms with van der Waals surface area (Å²) in [6.45, 7) is 7.75. The van der Waals surface area contributed by atoms with Crippen molar-refractivity contribution >= 4 is 11.6 Å². The fourth-order valence-corrected chi connectivity index (χ4v) is 2.11. The molecule has 112 valence electrons. The lowest BCUT2D eigenvalue weighted by Gasteiger charge is -2.18. The average Bonchev–Trinajstić information content (AvgIpc) is 2.88. The number of carbonyl (C=O) groups is 1. The molecule has 21 heavy (non-hydrogen) atoms. The van der Waals surface area contributed by atoms with Crippen LogP contribution in [-0.2, 0) is 4.79 Å². The molecule has 0 bridgehead atoms. The van der Waals surface area contributed by atoms with Gasteiger partial charge in [0.2, 0.25) is 5.91 Å². The van der Waals surface area contributed by atoms with Gasteiger partial charge in [0.15, 0.2) is 0 Å². The minimum absolute atomic E-state index is 0.0162. The summed E-state index contributed by atoms with van der Waals surface area (Å²) in [5, 5.41) is 6.13. The number of carbonyl (C=O) groups excluding carboxylic acids is 1. The number of benzene rings is 1. The highest BCUT2D eigenvalue weighted by molar-refractivity contribution is 5.94. The Hall–Kier alpha value is -2.07. The normalized spacial score (nSPS) is 13.7. The minimum Gasteiger partial charge on any atom is -0.465 e. The van der Waals surface area contributed by atoms with E-state index in [1.54, 1.807) is 0 Å². The van der Waals surface area contributed by atoms with Gasteiger partial charge in [0.25, 0.3) is 0 Å². The number of furan rings is 1. The Balaban J connectivity index is 1.91. The first kappa shape index (κ1) is 15.3. The molecule has 4 heteroatoms. The van der Waals surface area contributed by atoms with Crippen LogP contribution in [0.4, 0.5) is 5.69 Å². The molecule has 0 saturated carbocycles. The first-order valence-corrected chi connectivity index (χ1v) is 7.15. The van der Waals surface area contributed by atoms with Crippen molar-refractivity contribution in [3.8, 4) is 0 Å². The molecule has 4 nitrogen and oxygen atoms in total. The molecule has 1 aromatic heterocycles. The largest absolute Gasteiger partial charge is 0.465 e. The summed E-state index contributed by atoms with van der Waals surface area (Å²) in [4.78, 5) is 12.2. The Morgan fingerprint density at radius 1 is 1.05 bits per heavy atom. The third kappa shape index (κ3) is 4.20. The summed E-state index contributed by atoms with van der Waals surface area (Å²) in [7, 11) is 0. The average molecular weight is 286 g/mol. The number of anilines is 1. The number of amides is 1. The van der Waals surface area contributed by atoms with Gasteiger partial charge in [-0.05, 0) is 52.0 Å². The molecule has 0 aliphatic carbocycles. The van der Waals surface area contributed by atoms with Crippen molar-refractivity contribution in [2.24, 2.45) is 0 Å². The second-order valence-corrected chi connectivity index (χ2v) is 5.41. The van der Waals surface area contributed by atoms with E-state index < -0.39 is 0 Å². The first-order valence-electron chi connectivity index (χ1n) is 7.15. The van der Waals surface area contributed by atoms with E-state index in [-0.39, 0.29) is 18.0 Å². The Morgan fingerprint density at radius 2 is 1.71 bits per heavy atom. The molecule has 2 atom stereocenters. The van der Waals surface area contributed by atoms with Crippen LogP contribution in [0.1, 0.15) is 37.0 Å². The van der Waals surface area contributed by atoms with E-state index in [9.17, 15) is 4.79 Å². The van der Waals surface area contributed by atoms with E-state index in [4.69, 9.17) is 4.42 Å². The quantitative estimate of drug-likeness (QED) is 0.883. The van der Waals surface area contributed by atoms with E-state index in [2.05, 4.69) is 10.6 Å². The number of hydrogen-bond donors (Lipinski definition) is 2. The fraction of sp³-hybridized carbons (Fsp3) is 0.353. The molecule has 1 aromatic carbocycles. The maximum absolute atomic E-state index is 12.2. The van der Waals surface area contributed by atoms with E-state index in [1.807, 2.05) is 64.1 Å². The third-order valence-corrected chi connectivity index (χ3v) is 3.40. The Kier molecular flexibility index (Phi) is 4.81. The summed E-state index contributed by atoms with van der Waals surface area (Å²) >= 11 is 0. The molecular weight excluding hydrogens is 264 g/mol. The van der Waals surface area contributed by atoms with Crippen LogP contribution in [0.3, 0.4) is 0 Å². The molecule has 2 N–H and O–H groups in total. The van der Waals surface area contributed by atoms with Gasteiger partial charge in [-0.3, -0.25) is 10.1 Å². The van der Waals surface area contributed by atoms with Crippen molar-refractivity contribution in [1.82, 2.24) is 5.32 Å². The van der Waals surface area contributed by atoms with Gasteiger partial charge in [0.05, 0.1) is 12.1 Å². The highest BCUT2D eigenvalue weighted by Gasteiger charge is 2.18. The topological polar surface area (TPSA) is 54.3 Å². The summed E-state index contributed by atoms with van der Waals surface area (Å²) in [6, 6.07) is 11.3. The summed E-state index contributed by atoms with van der Waals surface area (Å²) in [6.07, 6.45) is 0. The van der Waals surface area contributed by atoms with Crippen LogP contribution in [0.15, 0.2) is 40.8 Å². The zero-order valence-electron chi connectivity index (χ0n) is 12.9. The van der Waals surface area contributed by atoms with Crippen molar-refractivity contribution in [3.05, 3.63) is 53.5 Å². The summed E-state index contributed by atoms with van der Waals surface area (Å²) < 4.78 is 5.56. The van der Waals surface area contributed by atoms with Crippen molar-refractivity contribution in [3.63, 3.8) is 0 Å². The second kappa shape index (κ2) is 6.59. The summed E-state index contributed by atoms with van der Waals surface area (Å²) in [5.74, 6) is 1.65. The zero-order chi connectivity index (χ0) is 15.4. The molecule has 0 fully saturated rings. The molecule has 1 amide bonds. The van der Waals surface area contributed by atoms with Crippen molar-refractivity contribution in [2.75, 3.05) is 5.32 Å². The van der Waals surface area contributed by atoms with Crippen molar-refractivity contribution in [2.45, 2.75) is 39.8 Å². The highest BCUT2D eigenvalue weighted by Crippen LogP contribution is 2.16. The van der Waals surface area contributed by atoms with Gasteiger partial charge in [0, 0.05) is 5.69 Å². The Bertz CT molecular complexity index is 602. The smallest absolute Gasteiger partial charge is 0.241 e. The third-order valence-electron chi connectivity index (χ3n) is 3.40. The number of rotatable bonds is 5. The zero-order valence-corrected chi connectivity index (χ0v) is 12.9. The monoisotopic (exact) mass is 286 g/mol. The number of nitrogens with one attached hydrogen (secondary N) is 2. The maximum atomic E-state index is 12.2. The van der Waals surface area contributed by atoms with E-state index >= 15 is 0 Å². The molecule has 2 unspecified atom stereocenters. The maximum Gasteiger partial charge on any atom is 0.241 e. The van der Waals surface area contributed by atoms with Gasteiger partial charge >= 0.3 is 0 Å². The molecule has 2 aromatic rings. The summed E-state index contributed by atoms with van der Waals surface area (Å²) in [5.41, 5.74) is 1.97. The lowest BCUT2D eigenvalue weighted by molar-refractivity contribution is -0.118. The van der Waals surface area contributed by atoms with Gasteiger partial charge in [-0.2, -0.15) is 0 Å². The van der Waals surface area contributed by atoms with Crippen LogP contribution in [-0.4, -0.2) is 11.9 Å². The predicted molar refractivity (Wildman–Crippen MR) is 84.3 cm³/mol. The lowest BCUT2D eigenvalue weighted by Crippen LogP contribution is -2.39. The minimum atomic E-state index is -0.313. The Labute approximate surface area is 125 Å². The predicted octanol–water partition coefficient (Wildman–Crippen LogP) is 3.57. The highest BCUT2D eigenvalue weighted by atomic mass is 16.3. The SMILES string of the molecule is Cc1ccc(NC(=O)C(C)NC(C)c2ccc(C)o2)cc1. The number of aryl methyl sites for hydroxylation is 2. The lowest BCUT2D eigenvalue weighted by atomic mass is 10.2. The molecule has 0 aliphatic heterocycles. The van der Waals surface area contributed by atoms with Crippen molar-refractivity contribution < 1.29 is 9.21 Å². The molecule has 2 rings (SSSR count). The van der Waals surface area contributed by atoms with Crippen LogP contribution in [0.2, 0.25) is 0 Å². The fourth-order valence-electron chi connectivity index (χ4n) is 2.11. The second-order valence-electron chi connectivity index (χ2n) is 5.41. The molecular formula is C17H22N2O2. The van der Waals surface area contributed by atoms with E-state index in [0.717, 1.165) is 17.2 Å². The molecule has 0 radical (unpaired) electrons. The van der Waals surface area contributed by atoms with E-state index in [1.165, 1.54) is 5.56 Å². The van der Waals surface area contributed by atoms with Gasteiger partial charge in [-0.25, -0.2) is 0 Å². The van der Waals surface area contributed by atoms with E-state index in [0.29, 0.717) is 0 Å². The standard InChI is InChI=1S/C17H22N2O2/c1-11-5-8-15(9-6-11)19-17(20)14(4)18-13(3)16-10-7-12(2)21-16/h5-10,13-14,18H,1-4H3,(H,19,20). The van der Waals surface area contributed by atoms with Gasteiger partial charge in [0.1, 0.15) is 11.5 Å². The molecule has 0 spiro atoms. The molecule has 1 heterocycles. The Morgan fingerprint density at radius 3 is 2.29 bits per heavy atom. The van der Waals surface area contributed by atoms with Crippen LogP contribution < -0.4 is 10.6 Å². The molecule has 0 saturated heterocycles.